The number of hydrogen-bond acceptors (Lipinski definition) is 3. The quantitative estimate of drug-likeness (QED) is 0.535. The van der Waals surface area contributed by atoms with Crippen molar-refractivity contribution in [3.63, 3.8) is 0 Å². The van der Waals surface area contributed by atoms with Crippen LogP contribution in [0.25, 0.3) is 16.7 Å². The molecule has 0 spiro atoms. The zero-order valence-electron chi connectivity index (χ0n) is 16.0. The predicted molar refractivity (Wildman–Crippen MR) is 108 cm³/mol. The van der Waals surface area contributed by atoms with Crippen molar-refractivity contribution in [3.05, 3.63) is 54.1 Å². The van der Waals surface area contributed by atoms with Gasteiger partial charge in [-0.25, -0.2) is 0 Å². The normalized spacial score (nSPS) is 11.5. The molecule has 0 aliphatic rings. The van der Waals surface area contributed by atoms with Crippen molar-refractivity contribution in [1.29, 1.82) is 0 Å². The summed E-state index contributed by atoms with van der Waals surface area (Å²) in [5.74, 6) is 0.134. The molecule has 2 rings (SSSR count). The van der Waals surface area contributed by atoms with E-state index < -0.39 is 5.60 Å². The van der Waals surface area contributed by atoms with Crippen molar-refractivity contribution >= 4 is 5.57 Å². The van der Waals surface area contributed by atoms with Crippen molar-refractivity contribution in [1.82, 2.24) is 0 Å². The number of benzene rings is 2. The number of phenolic OH excluding ortho intramolecular Hbond substituents is 2. The standard InChI is InChI=1S/C23H30O3/c1-16(2)19-12-13-20(24)21(22(19)25)18-11-8-10-17(15-18)9-6-5-7-14-23(3,4)26/h8,10-13,15,24-26H,1,5-7,9,14H2,2-4H3. The van der Waals surface area contributed by atoms with Crippen LogP contribution in [0, 0.1) is 0 Å². The van der Waals surface area contributed by atoms with Crippen LogP contribution >= 0.6 is 0 Å². The van der Waals surface area contributed by atoms with Crippen LogP contribution < -0.4 is 0 Å². The first-order chi connectivity index (χ1) is 12.2. The van der Waals surface area contributed by atoms with Crippen LogP contribution in [0.5, 0.6) is 11.5 Å². The first-order valence-corrected chi connectivity index (χ1v) is 9.21. The van der Waals surface area contributed by atoms with Crippen molar-refractivity contribution in [2.45, 2.75) is 58.5 Å². The van der Waals surface area contributed by atoms with Gasteiger partial charge in [0.15, 0.2) is 0 Å². The third-order valence-electron chi connectivity index (χ3n) is 4.59. The summed E-state index contributed by atoms with van der Waals surface area (Å²) in [6.45, 7) is 9.40. The highest BCUT2D eigenvalue weighted by molar-refractivity contribution is 5.83. The van der Waals surface area contributed by atoms with E-state index >= 15 is 0 Å². The van der Waals surface area contributed by atoms with Crippen molar-refractivity contribution < 1.29 is 15.3 Å². The van der Waals surface area contributed by atoms with Gasteiger partial charge in [0.25, 0.3) is 0 Å². The summed E-state index contributed by atoms with van der Waals surface area (Å²) in [5.41, 5.74) is 3.24. The van der Waals surface area contributed by atoms with Gasteiger partial charge >= 0.3 is 0 Å². The lowest BCUT2D eigenvalue weighted by atomic mass is 9.95. The fraction of sp³-hybridized carbons (Fsp3) is 0.391. The molecule has 0 saturated carbocycles. The lowest BCUT2D eigenvalue weighted by molar-refractivity contribution is 0.0681. The molecule has 0 aliphatic carbocycles. The predicted octanol–water partition coefficient (Wildman–Crippen LogP) is 5.67. The van der Waals surface area contributed by atoms with Crippen LogP contribution in [-0.4, -0.2) is 20.9 Å². The minimum Gasteiger partial charge on any atom is -0.507 e. The van der Waals surface area contributed by atoms with Crippen LogP contribution in [0.1, 0.15) is 57.6 Å². The molecule has 2 aromatic rings. The third kappa shape index (κ3) is 5.37. The first kappa shape index (κ1) is 20.1. The molecule has 0 fully saturated rings. The zero-order chi connectivity index (χ0) is 19.3. The summed E-state index contributed by atoms with van der Waals surface area (Å²) >= 11 is 0. The Bertz CT molecular complexity index is 770. The van der Waals surface area contributed by atoms with E-state index in [2.05, 4.69) is 12.6 Å². The lowest BCUT2D eigenvalue weighted by Crippen LogP contribution is -2.17. The fourth-order valence-corrected chi connectivity index (χ4v) is 3.16. The maximum atomic E-state index is 10.6. The summed E-state index contributed by atoms with van der Waals surface area (Å²) in [5, 5.41) is 30.6. The number of hydrogen-bond donors (Lipinski definition) is 3. The Morgan fingerprint density at radius 2 is 1.77 bits per heavy atom. The fourth-order valence-electron chi connectivity index (χ4n) is 3.16. The van der Waals surface area contributed by atoms with Gasteiger partial charge in [-0.1, -0.05) is 43.7 Å². The van der Waals surface area contributed by atoms with Crippen LogP contribution in [0.4, 0.5) is 0 Å². The molecule has 3 N–H and O–H groups in total. The van der Waals surface area contributed by atoms with Gasteiger partial charge in [-0.3, -0.25) is 0 Å². The smallest absolute Gasteiger partial charge is 0.134 e. The van der Waals surface area contributed by atoms with Gasteiger partial charge in [0.05, 0.1) is 11.2 Å². The van der Waals surface area contributed by atoms with E-state index in [4.69, 9.17) is 0 Å². The summed E-state index contributed by atoms with van der Waals surface area (Å²) in [7, 11) is 0. The number of aliphatic hydroxyl groups is 1. The molecule has 0 aliphatic heterocycles. The van der Waals surface area contributed by atoms with Crippen molar-refractivity contribution in [2.75, 3.05) is 0 Å². The second kappa shape index (κ2) is 8.41. The molecule has 2 aromatic carbocycles. The van der Waals surface area contributed by atoms with Crippen LogP contribution in [0.15, 0.2) is 43.0 Å². The van der Waals surface area contributed by atoms with E-state index in [1.807, 2.05) is 39.0 Å². The molecule has 0 radical (unpaired) electrons. The van der Waals surface area contributed by atoms with Gasteiger partial charge in [0, 0.05) is 5.56 Å². The van der Waals surface area contributed by atoms with Crippen LogP contribution in [-0.2, 0) is 6.42 Å². The van der Waals surface area contributed by atoms with E-state index in [9.17, 15) is 15.3 Å². The zero-order valence-corrected chi connectivity index (χ0v) is 16.0. The Balaban J connectivity index is 2.12. The monoisotopic (exact) mass is 354 g/mol. The van der Waals surface area contributed by atoms with Gasteiger partial charge in [0.1, 0.15) is 11.5 Å². The molecule has 0 unspecified atom stereocenters. The molecule has 0 aromatic heterocycles. The highest BCUT2D eigenvalue weighted by Crippen LogP contribution is 2.41. The molecule has 3 nitrogen and oxygen atoms in total. The summed E-state index contributed by atoms with van der Waals surface area (Å²) in [4.78, 5) is 0. The third-order valence-corrected chi connectivity index (χ3v) is 4.59. The van der Waals surface area contributed by atoms with Crippen LogP contribution in [0.3, 0.4) is 0 Å². The Morgan fingerprint density at radius 3 is 2.42 bits per heavy atom. The van der Waals surface area contributed by atoms with Gasteiger partial charge in [-0.05, 0) is 68.9 Å². The molecule has 3 heteroatoms. The maximum Gasteiger partial charge on any atom is 0.134 e. The van der Waals surface area contributed by atoms with E-state index in [1.165, 1.54) is 5.56 Å². The average Bonchev–Trinajstić information content (AvgIpc) is 2.53. The second-order valence-electron chi connectivity index (χ2n) is 7.71. The number of aromatic hydroxyl groups is 2. The topological polar surface area (TPSA) is 60.7 Å². The van der Waals surface area contributed by atoms with Gasteiger partial charge in [0.2, 0.25) is 0 Å². The van der Waals surface area contributed by atoms with Crippen molar-refractivity contribution in [2.24, 2.45) is 0 Å². The number of phenols is 2. The molecular weight excluding hydrogens is 324 g/mol. The molecule has 0 atom stereocenters. The highest BCUT2D eigenvalue weighted by atomic mass is 16.3. The molecule has 0 bridgehead atoms. The molecule has 140 valence electrons. The number of unbranched alkanes of at least 4 members (excludes halogenated alkanes) is 2. The summed E-state index contributed by atoms with van der Waals surface area (Å²) in [6, 6.07) is 11.2. The highest BCUT2D eigenvalue weighted by Gasteiger charge is 2.15. The average molecular weight is 354 g/mol. The van der Waals surface area contributed by atoms with Gasteiger partial charge in [-0.15, -0.1) is 0 Å². The Kier molecular flexibility index (Phi) is 6.49. The minimum atomic E-state index is -0.594. The SMILES string of the molecule is C=C(C)c1ccc(O)c(-c2cccc(CCCCCC(C)(C)O)c2)c1O. The molecular formula is C23H30O3. The van der Waals surface area contributed by atoms with E-state index in [-0.39, 0.29) is 11.5 Å². The lowest BCUT2D eigenvalue weighted by Gasteiger charge is -2.16. The summed E-state index contributed by atoms with van der Waals surface area (Å²) in [6.07, 6.45) is 4.86. The maximum absolute atomic E-state index is 10.6. The van der Waals surface area contributed by atoms with Crippen LogP contribution in [0.2, 0.25) is 0 Å². The van der Waals surface area contributed by atoms with E-state index in [0.29, 0.717) is 11.1 Å². The van der Waals surface area contributed by atoms with Gasteiger partial charge in [-0.2, -0.15) is 0 Å². The van der Waals surface area contributed by atoms with E-state index in [1.54, 1.807) is 12.1 Å². The van der Waals surface area contributed by atoms with E-state index in [0.717, 1.165) is 43.2 Å². The van der Waals surface area contributed by atoms with Gasteiger partial charge < -0.3 is 15.3 Å². The van der Waals surface area contributed by atoms with Crippen molar-refractivity contribution in [3.8, 4) is 22.6 Å². The molecule has 26 heavy (non-hydrogen) atoms. The molecule has 0 amide bonds. The summed E-state index contributed by atoms with van der Waals surface area (Å²) < 4.78 is 0. The Hall–Kier alpha value is -2.26. The number of rotatable bonds is 8. The number of aryl methyl sites for hydroxylation is 1. The Labute approximate surface area is 156 Å². The Morgan fingerprint density at radius 1 is 1.04 bits per heavy atom. The molecule has 0 saturated heterocycles. The minimum absolute atomic E-state index is 0.0647. The largest absolute Gasteiger partial charge is 0.507 e. The molecule has 0 heterocycles. The number of allylic oxidation sites excluding steroid dienone is 1. The first-order valence-electron chi connectivity index (χ1n) is 9.21. The second-order valence-corrected chi connectivity index (χ2v) is 7.71.